The molecule has 0 aromatic carbocycles. The summed E-state index contributed by atoms with van der Waals surface area (Å²) in [5.41, 5.74) is 2.51. The number of pyridine rings is 1. The summed E-state index contributed by atoms with van der Waals surface area (Å²) in [4.78, 5) is 16.2. The van der Waals surface area contributed by atoms with E-state index in [0.29, 0.717) is 24.9 Å². The Morgan fingerprint density at radius 1 is 1.35 bits per heavy atom. The predicted molar refractivity (Wildman–Crippen MR) is 91.9 cm³/mol. The molecule has 7 nitrogen and oxygen atoms in total. The first-order valence-corrected chi connectivity index (χ1v) is 7.22. The zero-order valence-electron chi connectivity index (χ0n) is 12.8. The highest BCUT2D eigenvalue weighted by atomic mass is 16.5. The van der Waals surface area contributed by atoms with Gasteiger partial charge >= 0.3 is 0 Å². The molecule has 0 aliphatic carbocycles. The molecule has 3 N–H and O–H groups in total. The molecular weight excluding hydrogens is 292 g/mol. The van der Waals surface area contributed by atoms with Gasteiger partial charge in [-0.1, -0.05) is 12.7 Å². The second-order valence-corrected chi connectivity index (χ2v) is 4.89. The van der Waals surface area contributed by atoms with Crippen LogP contribution in [0.3, 0.4) is 0 Å². The number of fused-ring (bicyclic) bond motifs is 1. The Morgan fingerprint density at radius 3 is 3.09 bits per heavy atom. The standard InChI is InChI=1S/C16H18N6O/c1-3-11-9-20-16(22-15(11)18-6-7-23-2)21-13-8-12-4-5-17-14(12)19-10-13/h3-5,8-10H,1,6-7H2,2H3,(H,17,19)(H2,18,20,21,22). The molecule has 118 valence electrons. The van der Waals surface area contributed by atoms with Crippen molar-refractivity contribution < 1.29 is 4.74 Å². The van der Waals surface area contributed by atoms with Gasteiger partial charge < -0.3 is 20.4 Å². The van der Waals surface area contributed by atoms with E-state index in [2.05, 4.69) is 37.1 Å². The summed E-state index contributed by atoms with van der Waals surface area (Å²) in [5.74, 6) is 1.21. The van der Waals surface area contributed by atoms with Crippen molar-refractivity contribution in [2.75, 3.05) is 30.9 Å². The van der Waals surface area contributed by atoms with E-state index in [-0.39, 0.29) is 0 Å². The summed E-state index contributed by atoms with van der Waals surface area (Å²) in [6.45, 7) is 5.03. The molecule has 3 aromatic heterocycles. The minimum Gasteiger partial charge on any atom is -0.383 e. The molecule has 0 saturated carbocycles. The maximum atomic E-state index is 5.04. The number of anilines is 3. The number of hydrogen-bond acceptors (Lipinski definition) is 6. The summed E-state index contributed by atoms with van der Waals surface area (Å²) >= 11 is 0. The zero-order chi connectivity index (χ0) is 16.1. The lowest BCUT2D eigenvalue weighted by atomic mass is 10.3. The minimum absolute atomic E-state index is 0.493. The second kappa shape index (κ2) is 6.89. The van der Waals surface area contributed by atoms with Crippen molar-refractivity contribution in [2.24, 2.45) is 0 Å². The Labute approximate surface area is 133 Å². The number of methoxy groups -OCH3 is 1. The lowest BCUT2D eigenvalue weighted by molar-refractivity contribution is 0.210. The van der Waals surface area contributed by atoms with E-state index < -0.39 is 0 Å². The highest BCUT2D eigenvalue weighted by molar-refractivity contribution is 5.79. The first-order valence-electron chi connectivity index (χ1n) is 7.22. The van der Waals surface area contributed by atoms with Gasteiger partial charge in [-0.05, 0) is 12.1 Å². The Morgan fingerprint density at radius 2 is 2.26 bits per heavy atom. The molecule has 0 saturated heterocycles. The molecule has 7 heteroatoms. The summed E-state index contributed by atoms with van der Waals surface area (Å²) in [6.07, 6.45) is 7.03. The van der Waals surface area contributed by atoms with Crippen LogP contribution in [-0.4, -0.2) is 40.2 Å². The molecule has 3 rings (SSSR count). The monoisotopic (exact) mass is 310 g/mol. The van der Waals surface area contributed by atoms with Crippen molar-refractivity contribution >= 4 is 34.6 Å². The molecule has 0 aliphatic heterocycles. The molecule has 0 aliphatic rings. The molecule has 23 heavy (non-hydrogen) atoms. The topological polar surface area (TPSA) is 87.8 Å². The molecule has 0 spiro atoms. The third kappa shape index (κ3) is 3.46. The number of aromatic amines is 1. The van der Waals surface area contributed by atoms with E-state index in [1.165, 1.54) is 0 Å². The second-order valence-electron chi connectivity index (χ2n) is 4.89. The van der Waals surface area contributed by atoms with Gasteiger partial charge in [0.1, 0.15) is 11.5 Å². The van der Waals surface area contributed by atoms with Gasteiger partial charge in [0, 0.05) is 37.0 Å². The number of aromatic nitrogens is 4. The lowest BCUT2D eigenvalue weighted by Gasteiger charge is -2.10. The summed E-state index contributed by atoms with van der Waals surface area (Å²) in [6, 6.07) is 3.95. The van der Waals surface area contributed by atoms with E-state index >= 15 is 0 Å². The summed E-state index contributed by atoms with van der Waals surface area (Å²) < 4.78 is 5.04. The summed E-state index contributed by atoms with van der Waals surface area (Å²) in [5, 5.41) is 7.40. The van der Waals surface area contributed by atoms with Crippen LogP contribution in [0.1, 0.15) is 5.56 Å². The van der Waals surface area contributed by atoms with E-state index in [9.17, 15) is 0 Å². The molecule has 3 aromatic rings. The van der Waals surface area contributed by atoms with E-state index in [1.807, 2.05) is 18.3 Å². The van der Waals surface area contributed by atoms with Crippen molar-refractivity contribution in [2.45, 2.75) is 0 Å². The lowest BCUT2D eigenvalue weighted by Crippen LogP contribution is -2.11. The Hall–Kier alpha value is -2.93. The summed E-state index contributed by atoms with van der Waals surface area (Å²) in [7, 11) is 1.66. The number of rotatable bonds is 7. The van der Waals surface area contributed by atoms with Crippen LogP contribution in [0.25, 0.3) is 17.1 Å². The number of ether oxygens (including phenoxy) is 1. The molecule has 0 unspecified atom stereocenters. The largest absolute Gasteiger partial charge is 0.383 e. The van der Waals surface area contributed by atoms with Crippen molar-refractivity contribution in [3.05, 3.63) is 42.9 Å². The van der Waals surface area contributed by atoms with E-state index in [0.717, 1.165) is 22.3 Å². The van der Waals surface area contributed by atoms with Crippen LogP contribution < -0.4 is 10.6 Å². The molecular formula is C16H18N6O. The van der Waals surface area contributed by atoms with Crippen molar-refractivity contribution in [3.63, 3.8) is 0 Å². The van der Waals surface area contributed by atoms with Crippen LogP contribution in [0.15, 0.2) is 37.3 Å². The first-order chi connectivity index (χ1) is 11.3. The van der Waals surface area contributed by atoms with Gasteiger partial charge in [-0.3, -0.25) is 0 Å². The third-order valence-electron chi connectivity index (χ3n) is 3.29. The van der Waals surface area contributed by atoms with Crippen LogP contribution in [0.4, 0.5) is 17.5 Å². The highest BCUT2D eigenvalue weighted by Gasteiger charge is 2.06. The third-order valence-corrected chi connectivity index (χ3v) is 3.29. The molecule has 0 atom stereocenters. The molecule has 0 radical (unpaired) electrons. The van der Waals surface area contributed by atoms with Crippen molar-refractivity contribution in [1.82, 2.24) is 19.9 Å². The SMILES string of the molecule is C=Cc1cnc(Nc2cnc3[nH]ccc3c2)nc1NCCOC. The van der Waals surface area contributed by atoms with Crippen LogP contribution in [0.5, 0.6) is 0 Å². The number of hydrogen-bond donors (Lipinski definition) is 3. The zero-order valence-corrected chi connectivity index (χ0v) is 12.8. The van der Waals surface area contributed by atoms with Gasteiger partial charge in [-0.25, -0.2) is 9.97 Å². The molecule has 0 bridgehead atoms. The maximum Gasteiger partial charge on any atom is 0.229 e. The van der Waals surface area contributed by atoms with Crippen LogP contribution in [0.2, 0.25) is 0 Å². The average Bonchev–Trinajstić information content (AvgIpc) is 3.03. The smallest absolute Gasteiger partial charge is 0.229 e. The van der Waals surface area contributed by atoms with Crippen LogP contribution in [-0.2, 0) is 4.74 Å². The van der Waals surface area contributed by atoms with Gasteiger partial charge in [-0.15, -0.1) is 0 Å². The fraction of sp³-hybridized carbons (Fsp3) is 0.188. The van der Waals surface area contributed by atoms with Gasteiger partial charge in [0.2, 0.25) is 5.95 Å². The van der Waals surface area contributed by atoms with E-state index in [1.54, 1.807) is 25.6 Å². The average molecular weight is 310 g/mol. The van der Waals surface area contributed by atoms with Crippen molar-refractivity contribution in [3.8, 4) is 0 Å². The number of H-pyrrole nitrogens is 1. The normalized spacial score (nSPS) is 10.7. The number of nitrogens with one attached hydrogen (secondary N) is 3. The number of nitrogens with zero attached hydrogens (tertiary/aromatic N) is 3. The van der Waals surface area contributed by atoms with Crippen LogP contribution in [0, 0.1) is 0 Å². The Kier molecular flexibility index (Phi) is 4.49. The van der Waals surface area contributed by atoms with Gasteiger partial charge in [-0.2, -0.15) is 4.98 Å². The first kappa shape index (κ1) is 15.0. The van der Waals surface area contributed by atoms with Gasteiger partial charge in [0.15, 0.2) is 0 Å². The Bertz CT molecular complexity index is 813. The van der Waals surface area contributed by atoms with Gasteiger partial charge in [0.25, 0.3) is 0 Å². The van der Waals surface area contributed by atoms with E-state index in [4.69, 9.17) is 4.74 Å². The molecule has 3 heterocycles. The predicted octanol–water partition coefficient (Wildman–Crippen LogP) is 2.80. The molecule has 0 fully saturated rings. The fourth-order valence-corrected chi connectivity index (χ4v) is 2.15. The quantitative estimate of drug-likeness (QED) is 0.582. The Balaban J connectivity index is 1.81. The van der Waals surface area contributed by atoms with Crippen LogP contribution >= 0.6 is 0 Å². The fourth-order valence-electron chi connectivity index (χ4n) is 2.15. The van der Waals surface area contributed by atoms with Crippen molar-refractivity contribution in [1.29, 1.82) is 0 Å². The minimum atomic E-state index is 0.493. The maximum absolute atomic E-state index is 5.04. The highest BCUT2D eigenvalue weighted by Crippen LogP contribution is 2.20. The van der Waals surface area contributed by atoms with Gasteiger partial charge in [0.05, 0.1) is 18.5 Å². The molecule has 0 amide bonds.